The van der Waals surface area contributed by atoms with Crippen molar-refractivity contribution in [2.45, 2.75) is 12.8 Å². The summed E-state index contributed by atoms with van der Waals surface area (Å²) >= 11 is 0. The Morgan fingerprint density at radius 1 is 1.57 bits per heavy atom. The smallest absolute Gasteiger partial charge is 0.0205 e. The molecule has 0 atom stereocenters. The Morgan fingerprint density at radius 3 is 3.57 bits per heavy atom. The van der Waals surface area contributed by atoms with Crippen LogP contribution in [-0.2, 0) is 0 Å². The van der Waals surface area contributed by atoms with Gasteiger partial charge in [-0.25, -0.2) is 0 Å². The first-order chi connectivity index (χ1) is 3.50. The molecule has 39 valence electrons. The van der Waals surface area contributed by atoms with Gasteiger partial charge in [-0.05, 0) is 25.5 Å². The summed E-state index contributed by atoms with van der Waals surface area (Å²) in [5.74, 6) is 0. The van der Waals surface area contributed by atoms with Gasteiger partial charge >= 0.3 is 0 Å². The quantitative estimate of drug-likeness (QED) is 0.468. The largest absolute Gasteiger partial charge is 0.313 e. The highest BCUT2D eigenvalue weighted by Gasteiger charge is 1.87. The highest BCUT2D eigenvalue weighted by Crippen LogP contribution is 1.90. The van der Waals surface area contributed by atoms with Crippen molar-refractivity contribution < 1.29 is 0 Å². The normalized spacial score (nSPS) is 21.7. The lowest BCUT2D eigenvalue weighted by atomic mass is 10.3. The second kappa shape index (κ2) is 2.80. The summed E-state index contributed by atoms with van der Waals surface area (Å²) < 4.78 is 0. The van der Waals surface area contributed by atoms with Gasteiger partial charge in [-0.2, -0.15) is 0 Å². The van der Waals surface area contributed by atoms with Crippen LogP contribution in [0.15, 0.2) is 6.08 Å². The molecule has 1 rings (SSSR count). The molecular formula is C6H10N. The van der Waals surface area contributed by atoms with Gasteiger partial charge < -0.3 is 5.32 Å². The van der Waals surface area contributed by atoms with Crippen LogP contribution in [0.25, 0.3) is 0 Å². The van der Waals surface area contributed by atoms with Crippen LogP contribution in [0.3, 0.4) is 0 Å². The van der Waals surface area contributed by atoms with Gasteiger partial charge in [0.1, 0.15) is 0 Å². The monoisotopic (exact) mass is 96.1 g/mol. The molecule has 1 aliphatic rings. The summed E-state index contributed by atoms with van der Waals surface area (Å²) in [5.41, 5.74) is 0. The number of rotatable bonds is 0. The molecule has 1 heteroatoms. The molecule has 0 unspecified atom stereocenters. The number of nitrogens with one attached hydrogen (secondary N) is 1. The van der Waals surface area contributed by atoms with Gasteiger partial charge in [-0.3, -0.25) is 0 Å². The van der Waals surface area contributed by atoms with E-state index in [-0.39, 0.29) is 0 Å². The predicted molar refractivity (Wildman–Crippen MR) is 29.9 cm³/mol. The zero-order valence-corrected chi connectivity index (χ0v) is 4.41. The first kappa shape index (κ1) is 4.85. The van der Waals surface area contributed by atoms with Crippen LogP contribution in [0.1, 0.15) is 12.8 Å². The van der Waals surface area contributed by atoms with Gasteiger partial charge in [0.15, 0.2) is 0 Å². The van der Waals surface area contributed by atoms with E-state index >= 15 is 0 Å². The van der Waals surface area contributed by atoms with Crippen LogP contribution in [0.4, 0.5) is 0 Å². The fraction of sp³-hybridized carbons (Fsp3) is 0.667. The van der Waals surface area contributed by atoms with Gasteiger partial charge in [0.05, 0.1) is 0 Å². The van der Waals surface area contributed by atoms with Gasteiger partial charge in [-0.1, -0.05) is 6.08 Å². The first-order valence-corrected chi connectivity index (χ1v) is 2.76. The highest BCUT2D eigenvalue weighted by atomic mass is 14.8. The molecule has 7 heavy (non-hydrogen) atoms. The molecule has 0 saturated carbocycles. The molecular weight excluding hydrogens is 86.1 g/mol. The number of hydrogen-bond acceptors (Lipinski definition) is 1. The minimum Gasteiger partial charge on any atom is -0.313 e. The fourth-order valence-corrected chi connectivity index (χ4v) is 0.664. The molecule has 0 aromatic rings. The van der Waals surface area contributed by atoms with Crippen LogP contribution in [0.2, 0.25) is 0 Å². The SMILES string of the molecule is [C]1=CCCCNC1. The van der Waals surface area contributed by atoms with Gasteiger partial charge in [-0.15, -0.1) is 0 Å². The van der Waals surface area contributed by atoms with E-state index in [0.717, 1.165) is 13.1 Å². The third-order valence-electron chi connectivity index (χ3n) is 1.07. The maximum atomic E-state index is 3.20. The molecule has 1 nitrogen and oxygen atoms in total. The van der Waals surface area contributed by atoms with Crippen LogP contribution in [0, 0.1) is 6.08 Å². The Kier molecular flexibility index (Phi) is 1.94. The lowest BCUT2D eigenvalue weighted by molar-refractivity contribution is 0.718. The maximum Gasteiger partial charge on any atom is 0.0205 e. The van der Waals surface area contributed by atoms with E-state index in [0.29, 0.717) is 0 Å². The standard InChI is InChI=1S/C6H10N/c1-2-4-6-7-5-3-1/h1,7H,2,4-6H2. The zero-order valence-electron chi connectivity index (χ0n) is 4.41. The zero-order chi connectivity index (χ0) is 4.95. The van der Waals surface area contributed by atoms with Crippen LogP contribution >= 0.6 is 0 Å². The molecule has 0 fully saturated rings. The van der Waals surface area contributed by atoms with Crippen molar-refractivity contribution in [2.75, 3.05) is 13.1 Å². The number of hydrogen-bond donors (Lipinski definition) is 1. The first-order valence-electron chi connectivity index (χ1n) is 2.76. The molecule has 1 heterocycles. The second-order valence-electron chi connectivity index (χ2n) is 1.73. The van der Waals surface area contributed by atoms with E-state index in [1.165, 1.54) is 12.8 Å². The molecule has 0 saturated heterocycles. The molecule has 0 aliphatic carbocycles. The average Bonchev–Trinajstić information content (AvgIpc) is 1.90. The molecule has 1 radical (unpaired) electrons. The Bertz CT molecular complexity index is 58.6. The lowest BCUT2D eigenvalue weighted by Crippen LogP contribution is -2.12. The predicted octanol–water partition coefficient (Wildman–Crippen LogP) is 0.729. The molecule has 0 amide bonds. The van der Waals surface area contributed by atoms with E-state index in [2.05, 4.69) is 17.5 Å². The summed E-state index contributed by atoms with van der Waals surface area (Å²) in [7, 11) is 0. The molecule has 0 bridgehead atoms. The second-order valence-corrected chi connectivity index (χ2v) is 1.73. The Balaban J connectivity index is 2.20. The van der Waals surface area contributed by atoms with E-state index < -0.39 is 0 Å². The van der Waals surface area contributed by atoms with E-state index in [9.17, 15) is 0 Å². The molecule has 0 aromatic carbocycles. The van der Waals surface area contributed by atoms with Crippen LogP contribution in [-0.4, -0.2) is 13.1 Å². The summed E-state index contributed by atoms with van der Waals surface area (Å²) in [6.45, 7) is 2.10. The van der Waals surface area contributed by atoms with Crippen molar-refractivity contribution in [3.8, 4) is 0 Å². The maximum absolute atomic E-state index is 3.20. The van der Waals surface area contributed by atoms with Gasteiger partial charge in [0.2, 0.25) is 0 Å². The third kappa shape index (κ3) is 1.74. The van der Waals surface area contributed by atoms with Crippen molar-refractivity contribution in [2.24, 2.45) is 0 Å². The Morgan fingerprint density at radius 2 is 2.57 bits per heavy atom. The van der Waals surface area contributed by atoms with Crippen molar-refractivity contribution in [1.29, 1.82) is 0 Å². The Labute approximate surface area is 44.4 Å². The minimum absolute atomic E-state index is 0.944. The minimum atomic E-state index is 0.944. The van der Waals surface area contributed by atoms with Crippen molar-refractivity contribution in [3.05, 3.63) is 12.2 Å². The molecule has 1 aliphatic heterocycles. The molecule has 0 aromatic heterocycles. The average molecular weight is 96.2 g/mol. The summed E-state index contributed by atoms with van der Waals surface area (Å²) in [6.07, 6.45) is 7.69. The fourth-order valence-electron chi connectivity index (χ4n) is 0.664. The highest BCUT2D eigenvalue weighted by molar-refractivity contribution is 4.78. The van der Waals surface area contributed by atoms with Crippen molar-refractivity contribution in [3.63, 3.8) is 0 Å². The lowest BCUT2D eigenvalue weighted by Gasteiger charge is -1.91. The van der Waals surface area contributed by atoms with Gasteiger partial charge in [0.25, 0.3) is 0 Å². The van der Waals surface area contributed by atoms with E-state index in [1.54, 1.807) is 0 Å². The van der Waals surface area contributed by atoms with Crippen LogP contribution < -0.4 is 5.32 Å². The van der Waals surface area contributed by atoms with Crippen molar-refractivity contribution >= 4 is 0 Å². The number of allylic oxidation sites excluding steroid dienone is 1. The third-order valence-corrected chi connectivity index (χ3v) is 1.07. The summed E-state index contributed by atoms with van der Waals surface area (Å²) in [6, 6.07) is 0. The van der Waals surface area contributed by atoms with Gasteiger partial charge in [0, 0.05) is 6.54 Å². The summed E-state index contributed by atoms with van der Waals surface area (Å²) in [5, 5.41) is 3.20. The summed E-state index contributed by atoms with van der Waals surface area (Å²) in [4.78, 5) is 0. The van der Waals surface area contributed by atoms with Crippen LogP contribution in [0.5, 0.6) is 0 Å². The topological polar surface area (TPSA) is 12.0 Å². The molecule has 1 N–H and O–H groups in total. The van der Waals surface area contributed by atoms with E-state index in [4.69, 9.17) is 0 Å². The van der Waals surface area contributed by atoms with E-state index in [1.807, 2.05) is 0 Å². The van der Waals surface area contributed by atoms with Crippen molar-refractivity contribution in [1.82, 2.24) is 5.32 Å². The molecule has 0 spiro atoms. The Hall–Kier alpha value is -0.300.